The van der Waals surface area contributed by atoms with Crippen molar-refractivity contribution in [3.8, 4) is 17.6 Å². The first-order valence-electron chi connectivity index (χ1n) is 8.55. The predicted octanol–water partition coefficient (Wildman–Crippen LogP) is 3.56. The number of nitrogens with one attached hydrogen (secondary N) is 1. The van der Waals surface area contributed by atoms with E-state index in [-0.39, 0.29) is 12.4 Å². The van der Waals surface area contributed by atoms with Crippen molar-refractivity contribution < 1.29 is 10.2 Å². The van der Waals surface area contributed by atoms with Crippen LogP contribution in [0.15, 0.2) is 75.4 Å². The summed E-state index contributed by atoms with van der Waals surface area (Å²) in [5, 5.41) is 18.3. The Bertz CT molecular complexity index is 1010. The lowest BCUT2D eigenvalue weighted by Gasteiger charge is -2.02. The zero-order chi connectivity index (χ0) is 19.1. The minimum atomic E-state index is -0.494. The van der Waals surface area contributed by atoms with Gasteiger partial charge in [0.2, 0.25) is 0 Å². The number of aromatic amines is 1. The summed E-state index contributed by atoms with van der Waals surface area (Å²) in [6, 6.07) is 17.3. The number of H-pyrrole nitrogens is 1. The van der Waals surface area contributed by atoms with E-state index in [1.807, 2.05) is 48.5 Å². The Hall–Kier alpha value is -2.94. The summed E-state index contributed by atoms with van der Waals surface area (Å²) >= 11 is 1.45. The van der Waals surface area contributed by atoms with Gasteiger partial charge in [-0.25, -0.2) is 0 Å². The molecular weight excluding hydrogens is 358 g/mol. The highest BCUT2D eigenvalue weighted by Crippen LogP contribution is 2.28. The van der Waals surface area contributed by atoms with Crippen LogP contribution < -0.4 is 5.56 Å². The zero-order valence-corrected chi connectivity index (χ0v) is 15.4. The van der Waals surface area contributed by atoms with Crippen molar-refractivity contribution in [2.24, 2.45) is 0 Å². The Labute approximate surface area is 161 Å². The third kappa shape index (κ3) is 5.52. The first-order valence-corrected chi connectivity index (χ1v) is 9.37. The predicted molar refractivity (Wildman–Crippen MR) is 107 cm³/mol. The second-order valence-electron chi connectivity index (χ2n) is 5.95. The lowest BCUT2D eigenvalue weighted by atomic mass is 10.1. The smallest absolute Gasteiger partial charge is 0.290 e. The second-order valence-corrected chi connectivity index (χ2v) is 7.10. The molecule has 3 N–H and O–H groups in total. The summed E-state index contributed by atoms with van der Waals surface area (Å²) in [6.07, 6.45) is 3.22. The summed E-state index contributed by atoms with van der Waals surface area (Å²) in [6.45, 7) is 0.208. The molecule has 0 radical (unpaired) electrons. The minimum absolute atomic E-state index is 0.208. The Morgan fingerprint density at radius 3 is 2.15 bits per heavy atom. The van der Waals surface area contributed by atoms with E-state index >= 15 is 0 Å². The van der Waals surface area contributed by atoms with Crippen LogP contribution >= 0.6 is 11.8 Å². The van der Waals surface area contributed by atoms with Crippen LogP contribution in [0.1, 0.15) is 23.1 Å². The fourth-order valence-electron chi connectivity index (χ4n) is 2.44. The van der Waals surface area contributed by atoms with Crippen LogP contribution in [0.2, 0.25) is 0 Å². The van der Waals surface area contributed by atoms with Gasteiger partial charge in [0, 0.05) is 39.8 Å². The Morgan fingerprint density at radius 2 is 1.56 bits per heavy atom. The number of aromatic hydroxyl groups is 1. The van der Waals surface area contributed by atoms with Gasteiger partial charge >= 0.3 is 0 Å². The highest BCUT2D eigenvalue weighted by atomic mass is 32.2. The van der Waals surface area contributed by atoms with Crippen LogP contribution in [0.4, 0.5) is 0 Å². The van der Waals surface area contributed by atoms with Gasteiger partial charge in [0.15, 0.2) is 5.75 Å². The number of aromatic nitrogens is 1. The van der Waals surface area contributed by atoms with Crippen molar-refractivity contribution in [3.05, 3.63) is 87.8 Å². The molecule has 0 aliphatic rings. The van der Waals surface area contributed by atoms with Crippen molar-refractivity contribution in [1.29, 1.82) is 0 Å². The van der Waals surface area contributed by atoms with E-state index in [0.717, 1.165) is 33.8 Å². The third-order valence-corrected chi connectivity index (χ3v) is 4.86. The molecule has 0 saturated heterocycles. The summed E-state index contributed by atoms with van der Waals surface area (Å²) in [4.78, 5) is 15.4. The largest absolute Gasteiger partial charge is 0.503 e. The molecule has 0 bridgehead atoms. The molecule has 1 heterocycles. The number of hydrogen-bond donors (Lipinski definition) is 3. The Balaban J connectivity index is 1.64. The van der Waals surface area contributed by atoms with E-state index in [4.69, 9.17) is 5.11 Å². The molecule has 136 valence electrons. The van der Waals surface area contributed by atoms with Crippen molar-refractivity contribution in [2.75, 3.05) is 6.61 Å². The molecule has 0 saturated carbocycles. The quantitative estimate of drug-likeness (QED) is 0.595. The van der Waals surface area contributed by atoms with Gasteiger partial charge in [-0.2, -0.15) is 0 Å². The highest BCUT2D eigenvalue weighted by Gasteiger charge is 2.02. The Kier molecular flexibility index (Phi) is 6.37. The van der Waals surface area contributed by atoms with Crippen LogP contribution in [0.25, 0.3) is 0 Å². The number of aliphatic hydroxyl groups is 1. The summed E-state index contributed by atoms with van der Waals surface area (Å²) in [5.74, 6) is 6.01. The van der Waals surface area contributed by atoms with Crippen molar-refractivity contribution in [1.82, 2.24) is 4.98 Å². The summed E-state index contributed by atoms with van der Waals surface area (Å²) in [7, 11) is 0. The molecule has 27 heavy (non-hydrogen) atoms. The monoisotopic (exact) mass is 377 g/mol. The molecule has 0 aliphatic heterocycles. The van der Waals surface area contributed by atoms with E-state index in [1.54, 1.807) is 6.20 Å². The lowest BCUT2D eigenvalue weighted by molar-refractivity contribution is 0.288. The SMILES string of the molecule is O=c1[nH]cc(Sc2ccc(C#Cc3ccc(CCCO)cc3)cc2)cc1O. The first kappa shape index (κ1) is 18.8. The topological polar surface area (TPSA) is 73.3 Å². The normalized spacial score (nSPS) is 10.3. The van der Waals surface area contributed by atoms with Crippen molar-refractivity contribution in [3.63, 3.8) is 0 Å². The van der Waals surface area contributed by atoms with Gasteiger partial charge in [-0.1, -0.05) is 35.7 Å². The van der Waals surface area contributed by atoms with Crippen LogP contribution in [-0.2, 0) is 6.42 Å². The minimum Gasteiger partial charge on any atom is -0.503 e. The van der Waals surface area contributed by atoms with E-state index in [9.17, 15) is 9.90 Å². The molecule has 0 atom stereocenters. The lowest BCUT2D eigenvalue weighted by Crippen LogP contribution is -2.03. The van der Waals surface area contributed by atoms with Crippen molar-refractivity contribution >= 4 is 11.8 Å². The molecule has 4 nitrogen and oxygen atoms in total. The zero-order valence-electron chi connectivity index (χ0n) is 14.6. The number of benzene rings is 2. The van der Waals surface area contributed by atoms with Crippen LogP contribution in [0, 0.1) is 11.8 Å². The molecule has 5 heteroatoms. The number of aryl methyl sites for hydroxylation is 1. The molecule has 2 aromatic carbocycles. The van der Waals surface area contributed by atoms with Gasteiger partial charge in [-0.15, -0.1) is 0 Å². The molecule has 3 rings (SSSR count). The average Bonchev–Trinajstić information content (AvgIpc) is 2.69. The summed E-state index contributed by atoms with van der Waals surface area (Å²) in [5.41, 5.74) is 2.56. The fourth-order valence-corrected chi connectivity index (χ4v) is 3.27. The van der Waals surface area contributed by atoms with Crippen LogP contribution in [0.3, 0.4) is 0 Å². The number of hydrogen-bond acceptors (Lipinski definition) is 4. The molecule has 3 aromatic rings. The standard InChI is InChI=1S/C22H19NO3S/c24-13-1-2-16-3-5-17(6-4-16)7-8-18-9-11-19(12-10-18)27-20-14-21(25)22(26)23-15-20/h3-6,9-12,14-15,24-25H,1-2,13H2,(H,23,26). The van der Waals surface area contributed by atoms with Crippen LogP contribution in [0.5, 0.6) is 5.75 Å². The van der Waals surface area contributed by atoms with Gasteiger partial charge < -0.3 is 15.2 Å². The maximum Gasteiger partial charge on any atom is 0.290 e. The number of aliphatic hydroxyl groups excluding tert-OH is 1. The number of pyridine rings is 1. The van der Waals surface area contributed by atoms with Crippen LogP contribution in [-0.4, -0.2) is 21.8 Å². The molecule has 0 unspecified atom stereocenters. The van der Waals surface area contributed by atoms with Crippen molar-refractivity contribution in [2.45, 2.75) is 22.6 Å². The van der Waals surface area contributed by atoms with Gasteiger partial charge in [0.1, 0.15) is 0 Å². The molecule has 0 spiro atoms. The molecule has 1 aromatic heterocycles. The van der Waals surface area contributed by atoms with Gasteiger partial charge in [0.25, 0.3) is 5.56 Å². The molecule has 0 amide bonds. The second kappa shape index (κ2) is 9.13. The molecular formula is C22H19NO3S. The van der Waals surface area contributed by atoms with E-state index < -0.39 is 5.56 Å². The molecule has 0 fully saturated rings. The highest BCUT2D eigenvalue weighted by molar-refractivity contribution is 7.99. The van der Waals surface area contributed by atoms with Gasteiger partial charge in [-0.05, 0) is 54.8 Å². The summed E-state index contributed by atoms with van der Waals surface area (Å²) < 4.78 is 0. The third-order valence-electron chi connectivity index (χ3n) is 3.88. The maximum atomic E-state index is 11.2. The van der Waals surface area contributed by atoms with Gasteiger partial charge in [0.05, 0.1) is 0 Å². The molecule has 0 aliphatic carbocycles. The average molecular weight is 377 g/mol. The van der Waals surface area contributed by atoms with E-state index in [0.29, 0.717) is 0 Å². The fraction of sp³-hybridized carbons (Fsp3) is 0.136. The van der Waals surface area contributed by atoms with Gasteiger partial charge in [-0.3, -0.25) is 4.79 Å². The Morgan fingerprint density at radius 1 is 0.926 bits per heavy atom. The first-order chi connectivity index (χ1) is 13.1. The van der Waals surface area contributed by atoms with E-state index in [2.05, 4.69) is 16.8 Å². The number of rotatable bonds is 5. The maximum absolute atomic E-state index is 11.2. The van der Waals surface area contributed by atoms with E-state index in [1.165, 1.54) is 23.4 Å².